The normalized spacial score (nSPS) is 11.8. The number of aryl methyl sites for hydroxylation is 1. The molecule has 0 atom stereocenters. The maximum absolute atomic E-state index is 13.9. The van der Waals surface area contributed by atoms with Crippen molar-refractivity contribution in [2.24, 2.45) is 14.1 Å². The predicted octanol–water partition coefficient (Wildman–Crippen LogP) is 0.442. The molecule has 2 aromatic rings. The molecule has 8 nitrogen and oxygen atoms in total. The van der Waals surface area contributed by atoms with Gasteiger partial charge in [-0.15, -0.1) is 0 Å². The zero-order valence-corrected chi connectivity index (χ0v) is 15.7. The van der Waals surface area contributed by atoms with E-state index in [2.05, 4.69) is 0 Å². The number of nitrogens with zero attached hydrogens (tertiary/aromatic N) is 3. The van der Waals surface area contributed by atoms with E-state index in [0.29, 0.717) is 5.56 Å². The Bertz CT molecular complexity index is 1040. The summed E-state index contributed by atoms with van der Waals surface area (Å²) in [6, 6.07) is 4.12. The molecule has 0 aliphatic heterocycles. The molecule has 0 saturated carbocycles. The molecule has 142 valence electrons. The molecule has 1 aromatic carbocycles. The largest absolute Gasteiger partial charge is 0.494 e. The minimum Gasteiger partial charge on any atom is -0.494 e. The van der Waals surface area contributed by atoms with Crippen LogP contribution < -0.4 is 16.0 Å². The summed E-state index contributed by atoms with van der Waals surface area (Å²) >= 11 is 0. The summed E-state index contributed by atoms with van der Waals surface area (Å²) in [5.41, 5.74) is -1.14. The second kappa shape index (κ2) is 7.42. The molecule has 0 radical (unpaired) electrons. The van der Waals surface area contributed by atoms with E-state index >= 15 is 0 Å². The average Bonchev–Trinajstić information content (AvgIpc) is 2.60. The smallest absolute Gasteiger partial charge is 0.330 e. The first kappa shape index (κ1) is 19.9. The van der Waals surface area contributed by atoms with E-state index in [4.69, 9.17) is 4.74 Å². The van der Waals surface area contributed by atoms with Crippen molar-refractivity contribution < 1.29 is 17.5 Å². The molecular weight excluding hydrogens is 365 g/mol. The lowest BCUT2D eigenvalue weighted by atomic mass is 10.2. The maximum Gasteiger partial charge on any atom is 0.330 e. The highest BCUT2D eigenvalue weighted by atomic mass is 32.2. The summed E-state index contributed by atoms with van der Waals surface area (Å²) in [5.74, 6) is -0.567. The van der Waals surface area contributed by atoms with Crippen LogP contribution in [0.15, 0.2) is 38.9 Å². The molecule has 0 spiro atoms. The van der Waals surface area contributed by atoms with Gasteiger partial charge in [-0.25, -0.2) is 17.6 Å². The van der Waals surface area contributed by atoms with Gasteiger partial charge in [-0.05, 0) is 17.7 Å². The van der Waals surface area contributed by atoms with Gasteiger partial charge in [-0.3, -0.25) is 9.36 Å². The first-order valence-corrected chi connectivity index (χ1v) is 9.16. The standard InChI is InChI=1S/C16H20FN3O5S/c1-5-20(9-11-6-7-13(25-4)12(17)8-11)26(23,24)14-10-18(2)16(22)19(3)15(14)21/h6-8,10H,5,9H2,1-4H3. The number of methoxy groups -OCH3 is 1. The Labute approximate surface area is 150 Å². The van der Waals surface area contributed by atoms with Crippen molar-refractivity contribution in [1.82, 2.24) is 13.4 Å². The van der Waals surface area contributed by atoms with Crippen LogP contribution in [-0.4, -0.2) is 35.5 Å². The van der Waals surface area contributed by atoms with Crippen molar-refractivity contribution in [3.05, 3.63) is 56.6 Å². The van der Waals surface area contributed by atoms with E-state index < -0.39 is 32.0 Å². The number of benzene rings is 1. The number of aromatic nitrogens is 2. The molecule has 1 heterocycles. The second-order valence-electron chi connectivity index (χ2n) is 5.65. The molecule has 26 heavy (non-hydrogen) atoms. The van der Waals surface area contributed by atoms with E-state index in [0.717, 1.165) is 19.6 Å². The van der Waals surface area contributed by atoms with Gasteiger partial charge in [0.2, 0.25) is 10.0 Å². The number of sulfonamides is 1. The third-order valence-corrected chi connectivity index (χ3v) is 5.86. The Morgan fingerprint density at radius 1 is 1.23 bits per heavy atom. The summed E-state index contributed by atoms with van der Waals surface area (Å²) in [6.07, 6.45) is 0.997. The average molecular weight is 385 g/mol. The first-order valence-electron chi connectivity index (χ1n) is 7.72. The molecule has 0 aliphatic rings. The van der Waals surface area contributed by atoms with Gasteiger partial charge >= 0.3 is 5.69 Å². The molecule has 0 N–H and O–H groups in total. The van der Waals surface area contributed by atoms with Crippen molar-refractivity contribution >= 4 is 10.0 Å². The van der Waals surface area contributed by atoms with Crippen LogP contribution >= 0.6 is 0 Å². The van der Waals surface area contributed by atoms with Crippen LogP contribution in [0.2, 0.25) is 0 Å². The van der Waals surface area contributed by atoms with Crippen LogP contribution in [0.25, 0.3) is 0 Å². The van der Waals surface area contributed by atoms with Gasteiger partial charge in [0, 0.05) is 33.4 Å². The van der Waals surface area contributed by atoms with Crippen molar-refractivity contribution in [3.63, 3.8) is 0 Å². The fraction of sp³-hybridized carbons (Fsp3) is 0.375. The molecule has 0 aliphatic carbocycles. The summed E-state index contributed by atoms with van der Waals surface area (Å²) < 4.78 is 47.3. The fourth-order valence-electron chi connectivity index (χ4n) is 2.47. The zero-order chi connectivity index (χ0) is 19.6. The molecule has 0 amide bonds. The van der Waals surface area contributed by atoms with E-state index in [9.17, 15) is 22.4 Å². The topological polar surface area (TPSA) is 90.6 Å². The predicted molar refractivity (Wildman–Crippen MR) is 93.1 cm³/mol. The molecule has 0 unspecified atom stereocenters. The zero-order valence-electron chi connectivity index (χ0n) is 14.9. The van der Waals surface area contributed by atoms with Gasteiger partial charge in [0.15, 0.2) is 16.5 Å². The van der Waals surface area contributed by atoms with Crippen LogP contribution in [0.1, 0.15) is 12.5 Å². The van der Waals surface area contributed by atoms with Crippen molar-refractivity contribution in [1.29, 1.82) is 0 Å². The number of ether oxygens (including phenoxy) is 1. The second-order valence-corrected chi connectivity index (χ2v) is 7.56. The van der Waals surface area contributed by atoms with E-state index in [-0.39, 0.29) is 18.8 Å². The summed E-state index contributed by atoms with van der Waals surface area (Å²) in [7, 11) is -0.290. The Kier molecular flexibility index (Phi) is 5.67. The lowest BCUT2D eigenvalue weighted by Crippen LogP contribution is -2.42. The van der Waals surface area contributed by atoms with Gasteiger partial charge in [-0.1, -0.05) is 13.0 Å². The van der Waals surface area contributed by atoms with Crippen LogP contribution in [0.4, 0.5) is 4.39 Å². The highest BCUT2D eigenvalue weighted by Gasteiger charge is 2.28. The Morgan fingerprint density at radius 2 is 1.88 bits per heavy atom. The van der Waals surface area contributed by atoms with Crippen molar-refractivity contribution in [2.45, 2.75) is 18.4 Å². The molecule has 0 fully saturated rings. The summed E-state index contributed by atoms with van der Waals surface area (Å²) in [5, 5.41) is 0. The van der Waals surface area contributed by atoms with Crippen LogP contribution in [0.3, 0.4) is 0 Å². The molecule has 0 saturated heterocycles. The van der Waals surface area contributed by atoms with Crippen LogP contribution in [0.5, 0.6) is 5.75 Å². The number of hydrogen-bond acceptors (Lipinski definition) is 5. The lowest BCUT2D eigenvalue weighted by Gasteiger charge is -2.21. The summed E-state index contributed by atoms with van der Waals surface area (Å²) in [6.45, 7) is 1.53. The third kappa shape index (κ3) is 3.56. The minimum absolute atomic E-state index is 0.0478. The molecule has 0 bridgehead atoms. The first-order chi connectivity index (χ1) is 12.1. The third-order valence-electron chi connectivity index (χ3n) is 3.96. The van der Waals surface area contributed by atoms with Crippen LogP contribution in [-0.2, 0) is 30.7 Å². The SMILES string of the molecule is CCN(Cc1ccc(OC)c(F)c1)S(=O)(=O)c1cn(C)c(=O)n(C)c1=O. The van der Waals surface area contributed by atoms with Crippen molar-refractivity contribution in [3.8, 4) is 5.75 Å². The van der Waals surface area contributed by atoms with Gasteiger partial charge in [-0.2, -0.15) is 4.31 Å². The van der Waals surface area contributed by atoms with Gasteiger partial charge in [0.1, 0.15) is 0 Å². The van der Waals surface area contributed by atoms with Crippen molar-refractivity contribution in [2.75, 3.05) is 13.7 Å². The fourth-order valence-corrected chi connectivity index (χ4v) is 4.06. The molecular formula is C16H20FN3O5S. The minimum atomic E-state index is -4.18. The van der Waals surface area contributed by atoms with Gasteiger partial charge in [0.25, 0.3) is 5.56 Å². The Hall–Kier alpha value is -2.46. The Balaban J connectivity index is 2.48. The van der Waals surface area contributed by atoms with E-state index in [1.54, 1.807) is 13.0 Å². The lowest BCUT2D eigenvalue weighted by molar-refractivity contribution is 0.384. The number of halogens is 1. The number of hydrogen-bond donors (Lipinski definition) is 0. The maximum atomic E-state index is 13.9. The van der Waals surface area contributed by atoms with Crippen LogP contribution in [0, 0.1) is 5.82 Å². The van der Waals surface area contributed by atoms with Gasteiger partial charge < -0.3 is 9.30 Å². The molecule has 10 heteroatoms. The van der Waals surface area contributed by atoms with E-state index in [1.807, 2.05) is 0 Å². The van der Waals surface area contributed by atoms with E-state index in [1.165, 1.54) is 33.3 Å². The Morgan fingerprint density at radius 3 is 2.42 bits per heavy atom. The van der Waals surface area contributed by atoms with Gasteiger partial charge in [0.05, 0.1) is 7.11 Å². The molecule has 1 aromatic heterocycles. The number of rotatable bonds is 6. The highest BCUT2D eigenvalue weighted by molar-refractivity contribution is 7.89. The summed E-state index contributed by atoms with van der Waals surface area (Å²) in [4.78, 5) is 23.5. The molecule has 2 rings (SSSR count). The quantitative estimate of drug-likeness (QED) is 0.720. The highest BCUT2D eigenvalue weighted by Crippen LogP contribution is 2.20. The monoisotopic (exact) mass is 385 g/mol.